The first kappa shape index (κ1) is 12.4. The molecule has 0 aliphatic carbocycles. The molecule has 17 heavy (non-hydrogen) atoms. The van der Waals surface area contributed by atoms with Crippen molar-refractivity contribution >= 4 is 52.3 Å². The van der Waals surface area contributed by atoms with Crippen molar-refractivity contribution in [1.82, 2.24) is 0 Å². The molecule has 88 valence electrons. The summed E-state index contributed by atoms with van der Waals surface area (Å²) in [6, 6.07) is 4.87. The first-order valence-corrected chi connectivity index (χ1v) is 5.76. The van der Waals surface area contributed by atoms with E-state index < -0.39 is 11.8 Å². The average Bonchev–Trinajstić information content (AvgIpc) is 2.42. The molecule has 0 saturated carbocycles. The maximum absolute atomic E-state index is 11.7. The number of benzene rings is 1. The Morgan fingerprint density at radius 1 is 0.941 bits per heavy atom. The molecule has 0 aromatic heterocycles. The van der Waals surface area contributed by atoms with Gasteiger partial charge in [-0.1, -0.05) is 34.8 Å². The normalized spacial score (nSPS) is 16.1. The number of hydrogen-bond acceptors (Lipinski definition) is 2. The fourth-order valence-corrected chi connectivity index (χ4v) is 2.17. The largest absolute Gasteiger partial charge is 0.278 e. The van der Waals surface area contributed by atoms with Crippen LogP contribution in [0.1, 0.15) is 5.56 Å². The van der Waals surface area contributed by atoms with E-state index in [1.807, 2.05) is 0 Å². The number of hydrogen-bond donors (Lipinski definition) is 0. The third kappa shape index (κ3) is 2.06. The monoisotopic (exact) mass is 289 g/mol. The van der Waals surface area contributed by atoms with Crippen LogP contribution in [-0.2, 0) is 9.59 Å². The third-order valence-electron chi connectivity index (χ3n) is 2.26. The summed E-state index contributed by atoms with van der Waals surface area (Å²) in [4.78, 5) is 24.4. The number of carbonyl (C=O) groups is 2. The van der Waals surface area contributed by atoms with Gasteiger partial charge in [0.05, 0.1) is 5.69 Å². The molecule has 0 fully saturated rings. The Labute approximate surface area is 113 Å². The first-order chi connectivity index (χ1) is 7.91. The highest BCUT2D eigenvalue weighted by Crippen LogP contribution is 2.32. The molecular formula is C11H6Cl3NO2. The molecular weight excluding hydrogens is 284 g/mol. The van der Waals surface area contributed by atoms with Gasteiger partial charge < -0.3 is 0 Å². The zero-order valence-corrected chi connectivity index (χ0v) is 10.9. The van der Waals surface area contributed by atoms with E-state index >= 15 is 0 Å². The van der Waals surface area contributed by atoms with Crippen LogP contribution in [0.5, 0.6) is 0 Å². The Morgan fingerprint density at radius 3 is 1.94 bits per heavy atom. The fourth-order valence-electron chi connectivity index (χ4n) is 1.56. The highest BCUT2D eigenvalue weighted by molar-refractivity contribution is 6.62. The summed E-state index contributed by atoms with van der Waals surface area (Å²) in [6.45, 7) is 1.80. The molecule has 2 amide bonds. The van der Waals surface area contributed by atoms with E-state index in [1.54, 1.807) is 19.1 Å². The molecule has 0 atom stereocenters. The Morgan fingerprint density at radius 2 is 1.47 bits per heavy atom. The van der Waals surface area contributed by atoms with Gasteiger partial charge in [-0.3, -0.25) is 9.59 Å². The van der Waals surface area contributed by atoms with Crippen LogP contribution in [0.2, 0.25) is 5.02 Å². The van der Waals surface area contributed by atoms with Crippen molar-refractivity contribution in [3.05, 3.63) is 38.8 Å². The molecule has 1 aromatic carbocycles. The number of imide groups is 1. The topological polar surface area (TPSA) is 37.4 Å². The van der Waals surface area contributed by atoms with Crippen LogP contribution in [0.4, 0.5) is 5.69 Å². The lowest BCUT2D eigenvalue weighted by Crippen LogP contribution is -2.30. The summed E-state index contributed by atoms with van der Waals surface area (Å²) in [7, 11) is 0. The molecule has 1 aromatic rings. The Hall–Kier alpha value is -1.03. The lowest BCUT2D eigenvalue weighted by atomic mass is 10.2. The summed E-state index contributed by atoms with van der Waals surface area (Å²) in [5, 5.41) is -0.108. The van der Waals surface area contributed by atoms with E-state index in [-0.39, 0.29) is 10.1 Å². The summed E-state index contributed by atoms with van der Waals surface area (Å²) in [5.74, 6) is -1.27. The predicted molar refractivity (Wildman–Crippen MR) is 67.4 cm³/mol. The molecule has 2 rings (SSSR count). The highest BCUT2D eigenvalue weighted by atomic mass is 35.5. The number of rotatable bonds is 1. The fraction of sp³-hybridized carbons (Fsp3) is 0.0909. The molecule has 0 radical (unpaired) electrons. The lowest BCUT2D eigenvalue weighted by molar-refractivity contribution is -0.120. The Bertz CT molecular complexity index is 522. The second kappa shape index (κ2) is 4.33. The number of aryl methyl sites for hydroxylation is 1. The van der Waals surface area contributed by atoms with Gasteiger partial charge in [0.15, 0.2) is 0 Å². The summed E-state index contributed by atoms with van der Waals surface area (Å²) >= 11 is 17.1. The second-order valence-corrected chi connectivity index (χ2v) is 4.75. The minimum Gasteiger partial charge on any atom is -0.267 e. The molecule has 0 bridgehead atoms. The van der Waals surface area contributed by atoms with Crippen molar-refractivity contribution < 1.29 is 9.59 Å². The number of amides is 2. The highest BCUT2D eigenvalue weighted by Gasteiger charge is 2.37. The van der Waals surface area contributed by atoms with Gasteiger partial charge >= 0.3 is 0 Å². The molecule has 1 heterocycles. The zero-order valence-electron chi connectivity index (χ0n) is 8.63. The van der Waals surface area contributed by atoms with Crippen LogP contribution in [0, 0.1) is 6.92 Å². The number of halogens is 3. The number of anilines is 1. The standard InChI is InChI=1S/C11H6Cl3NO2/c1-5-2-6(12)4-7(3-5)15-10(16)8(13)9(14)11(15)17/h2-4H,1H3. The summed E-state index contributed by atoms with van der Waals surface area (Å²) in [6.07, 6.45) is 0. The van der Waals surface area contributed by atoms with E-state index in [0.29, 0.717) is 10.7 Å². The van der Waals surface area contributed by atoms with Crippen LogP contribution in [0.3, 0.4) is 0 Å². The molecule has 0 saturated heterocycles. The lowest BCUT2D eigenvalue weighted by Gasteiger charge is -2.15. The Kier molecular flexibility index (Phi) is 3.17. The second-order valence-electron chi connectivity index (χ2n) is 3.56. The SMILES string of the molecule is Cc1cc(Cl)cc(N2C(=O)C(Cl)=C(Cl)C2=O)c1. The quantitative estimate of drug-likeness (QED) is 0.745. The van der Waals surface area contributed by atoms with Crippen LogP contribution in [0.15, 0.2) is 28.3 Å². The van der Waals surface area contributed by atoms with Crippen molar-refractivity contribution in [1.29, 1.82) is 0 Å². The number of nitrogens with zero attached hydrogens (tertiary/aromatic N) is 1. The maximum Gasteiger partial charge on any atom is 0.278 e. The minimum atomic E-state index is -0.636. The minimum absolute atomic E-state index is 0.269. The molecule has 0 unspecified atom stereocenters. The first-order valence-electron chi connectivity index (χ1n) is 4.63. The predicted octanol–water partition coefficient (Wildman–Crippen LogP) is 3.21. The van der Waals surface area contributed by atoms with Crippen LogP contribution >= 0.6 is 34.8 Å². The zero-order chi connectivity index (χ0) is 12.7. The van der Waals surface area contributed by atoms with E-state index in [1.165, 1.54) is 6.07 Å². The van der Waals surface area contributed by atoms with Gasteiger partial charge in [-0.05, 0) is 30.7 Å². The molecule has 1 aliphatic rings. The van der Waals surface area contributed by atoms with E-state index in [9.17, 15) is 9.59 Å². The van der Waals surface area contributed by atoms with E-state index in [2.05, 4.69) is 0 Å². The van der Waals surface area contributed by atoms with Gasteiger partial charge in [0.1, 0.15) is 10.1 Å². The summed E-state index contributed by atoms with van der Waals surface area (Å²) < 4.78 is 0. The van der Waals surface area contributed by atoms with Crippen molar-refractivity contribution in [3.8, 4) is 0 Å². The van der Waals surface area contributed by atoms with Crippen LogP contribution in [-0.4, -0.2) is 11.8 Å². The van der Waals surface area contributed by atoms with Gasteiger partial charge in [0, 0.05) is 5.02 Å². The Balaban J connectivity index is 2.50. The third-order valence-corrected chi connectivity index (χ3v) is 3.28. The van der Waals surface area contributed by atoms with Gasteiger partial charge in [-0.15, -0.1) is 0 Å². The molecule has 6 heteroatoms. The van der Waals surface area contributed by atoms with Gasteiger partial charge in [-0.2, -0.15) is 0 Å². The van der Waals surface area contributed by atoms with E-state index in [0.717, 1.165) is 10.5 Å². The van der Waals surface area contributed by atoms with Crippen molar-refractivity contribution in [2.24, 2.45) is 0 Å². The van der Waals surface area contributed by atoms with E-state index in [4.69, 9.17) is 34.8 Å². The molecule has 0 N–H and O–H groups in total. The smallest absolute Gasteiger partial charge is 0.267 e. The van der Waals surface area contributed by atoms with Gasteiger partial charge in [-0.25, -0.2) is 4.90 Å². The summed E-state index contributed by atoms with van der Waals surface area (Å²) in [5.41, 5.74) is 1.19. The number of carbonyl (C=O) groups excluding carboxylic acids is 2. The van der Waals surface area contributed by atoms with Gasteiger partial charge in [0.2, 0.25) is 0 Å². The molecule has 0 spiro atoms. The van der Waals surface area contributed by atoms with Crippen molar-refractivity contribution in [3.63, 3.8) is 0 Å². The van der Waals surface area contributed by atoms with Crippen molar-refractivity contribution in [2.45, 2.75) is 6.92 Å². The van der Waals surface area contributed by atoms with Crippen LogP contribution < -0.4 is 4.90 Å². The van der Waals surface area contributed by atoms with Crippen LogP contribution in [0.25, 0.3) is 0 Å². The average molecular weight is 291 g/mol. The van der Waals surface area contributed by atoms with Gasteiger partial charge in [0.25, 0.3) is 11.8 Å². The maximum atomic E-state index is 11.7. The van der Waals surface area contributed by atoms with Crippen molar-refractivity contribution in [2.75, 3.05) is 4.90 Å². The molecule has 3 nitrogen and oxygen atoms in total. The molecule has 1 aliphatic heterocycles.